The zero-order chi connectivity index (χ0) is 11.1. The third-order valence-corrected chi connectivity index (χ3v) is 4.35. The van der Waals surface area contributed by atoms with E-state index < -0.39 is 0 Å². The van der Waals surface area contributed by atoms with E-state index in [0.717, 1.165) is 32.5 Å². The Balaban J connectivity index is 1.53. The predicted molar refractivity (Wildman–Crippen MR) is 59.9 cm³/mol. The second-order valence-corrected chi connectivity index (χ2v) is 5.23. The molecule has 2 N–H and O–H groups in total. The largest absolute Gasteiger partial charge is 0.377 e. The lowest BCUT2D eigenvalue weighted by atomic mass is 9.98. The summed E-state index contributed by atoms with van der Waals surface area (Å²) in [6, 6.07) is 0.451. The lowest BCUT2D eigenvalue weighted by Crippen LogP contribution is -2.39. The van der Waals surface area contributed by atoms with E-state index in [2.05, 4.69) is 17.6 Å². The molecule has 4 unspecified atom stereocenters. The number of amides is 1. The number of ether oxygens (including phenoxy) is 1. The number of carbonyl (C=O) groups excluding carboxylic acids is 1. The van der Waals surface area contributed by atoms with E-state index in [9.17, 15) is 4.79 Å². The molecule has 2 aliphatic heterocycles. The van der Waals surface area contributed by atoms with Crippen molar-refractivity contribution in [2.45, 2.75) is 31.9 Å². The van der Waals surface area contributed by atoms with Crippen LogP contribution in [0.2, 0.25) is 0 Å². The summed E-state index contributed by atoms with van der Waals surface area (Å²) in [6.45, 7) is 4.99. The summed E-state index contributed by atoms with van der Waals surface area (Å²) in [5, 5.41) is 6.54. The molecule has 90 valence electrons. The van der Waals surface area contributed by atoms with Crippen LogP contribution < -0.4 is 10.6 Å². The second-order valence-electron chi connectivity index (χ2n) is 5.23. The van der Waals surface area contributed by atoms with Crippen LogP contribution in [0.3, 0.4) is 0 Å². The van der Waals surface area contributed by atoms with Crippen LogP contribution in [0, 0.1) is 17.8 Å². The molecule has 0 radical (unpaired) electrons. The Kier molecular flexibility index (Phi) is 2.64. The molecule has 3 aliphatic rings. The zero-order valence-electron chi connectivity index (χ0n) is 9.74. The van der Waals surface area contributed by atoms with Gasteiger partial charge in [-0.1, -0.05) is 6.92 Å². The van der Waals surface area contributed by atoms with Crippen LogP contribution >= 0.6 is 0 Å². The Morgan fingerprint density at radius 3 is 2.88 bits per heavy atom. The van der Waals surface area contributed by atoms with Crippen LogP contribution in [0.25, 0.3) is 0 Å². The quantitative estimate of drug-likeness (QED) is 0.717. The van der Waals surface area contributed by atoms with Crippen LogP contribution in [-0.4, -0.2) is 37.7 Å². The summed E-state index contributed by atoms with van der Waals surface area (Å²) in [7, 11) is 0. The Bertz CT molecular complexity index is 285. The summed E-state index contributed by atoms with van der Waals surface area (Å²) >= 11 is 0. The van der Waals surface area contributed by atoms with E-state index in [-0.39, 0.29) is 17.9 Å². The summed E-state index contributed by atoms with van der Waals surface area (Å²) in [6.07, 6.45) is 1.98. The van der Waals surface area contributed by atoms with Gasteiger partial charge in [0.1, 0.15) is 0 Å². The fourth-order valence-electron chi connectivity index (χ4n) is 3.25. The Hall–Kier alpha value is -0.610. The molecule has 4 atom stereocenters. The molecule has 3 fully saturated rings. The number of carbonyl (C=O) groups is 1. The predicted octanol–water partition coefficient (Wildman–Crippen LogP) is 0.136. The molecule has 0 aromatic carbocycles. The van der Waals surface area contributed by atoms with E-state index in [4.69, 9.17) is 4.74 Å². The number of hydrogen-bond acceptors (Lipinski definition) is 3. The molecule has 4 heteroatoms. The van der Waals surface area contributed by atoms with E-state index in [1.807, 2.05) is 0 Å². The molecule has 4 nitrogen and oxygen atoms in total. The second kappa shape index (κ2) is 4.00. The molecule has 0 aromatic rings. The van der Waals surface area contributed by atoms with Crippen molar-refractivity contribution in [1.29, 1.82) is 0 Å². The van der Waals surface area contributed by atoms with Crippen molar-refractivity contribution in [3.05, 3.63) is 0 Å². The normalized spacial score (nSPS) is 45.4. The Morgan fingerprint density at radius 2 is 2.19 bits per heavy atom. The minimum atomic E-state index is 0.0966. The van der Waals surface area contributed by atoms with Gasteiger partial charge in [-0.3, -0.25) is 4.79 Å². The summed E-state index contributed by atoms with van der Waals surface area (Å²) in [5.74, 6) is 1.72. The van der Waals surface area contributed by atoms with Crippen LogP contribution in [0.5, 0.6) is 0 Å². The SMILES string of the molecule is CCC1OCCC1C(=O)NC1C2CNCC21. The van der Waals surface area contributed by atoms with E-state index in [1.54, 1.807) is 0 Å². The minimum Gasteiger partial charge on any atom is -0.377 e. The van der Waals surface area contributed by atoms with E-state index >= 15 is 0 Å². The third-order valence-electron chi connectivity index (χ3n) is 4.35. The fourth-order valence-corrected chi connectivity index (χ4v) is 3.25. The number of piperidine rings is 1. The molecular weight excluding hydrogens is 204 g/mol. The first kappa shape index (κ1) is 10.5. The first-order chi connectivity index (χ1) is 7.81. The minimum absolute atomic E-state index is 0.0966. The summed E-state index contributed by atoms with van der Waals surface area (Å²) in [5.41, 5.74) is 0. The molecule has 2 heterocycles. The molecule has 16 heavy (non-hydrogen) atoms. The lowest BCUT2D eigenvalue weighted by Gasteiger charge is -2.17. The van der Waals surface area contributed by atoms with Crippen molar-refractivity contribution in [2.24, 2.45) is 17.8 Å². The van der Waals surface area contributed by atoms with Gasteiger partial charge in [0.25, 0.3) is 0 Å². The Morgan fingerprint density at radius 1 is 1.44 bits per heavy atom. The molecule has 3 rings (SSSR count). The first-order valence-corrected chi connectivity index (χ1v) is 6.44. The van der Waals surface area contributed by atoms with Gasteiger partial charge in [-0.15, -0.1) is 0 Å². The van der Waals surface area contributed by atoms with E-state index in [0.29, 0.717) is 17.9 Å². The first-order valence-electron chi connectivity index (χ1n) is 6.44. The van der Waals surface area contributed by atoms with Gasteiger partial charge >= 0.3 is 0 Å². The highest BCUT2D eigenvalue weighted by Gasteiger charge is 2.54. The van der Waals surface area contributed by atoms with Crippen molar-refractivity contribution in [3.63, 3.8) is 0 Å². The molecule has 0 aromatic heterocycles. The number of nitrogens with one attached hydrogen (secondary N) is 2. The average Bonchev–Trinajstić information content (AvgIpc) is 2.81. The highest BCUT2D eigenvalue weighted by molar-refractivity contribution is 5.80. The van der Waals surface area contributed by atoms with Gasteiger partial charge in [0.05, 0.1) is 12.0 Å². The molecule has 0 spiro atoms. The van der Waals surface area contributed by atoms with Crippen LogP contribution in [0.15, 0.2) is 0 Å². The molecule has 0 bridgehead atoms. The van der Waals surface area contributed by atoms with Gasteiger partial charge in [-0.25, -0.2) is 0 Å². The summed E-state index contributed by atoms with van der Waals surface area (Å²) in [4.78, 5) is 12.1. The van der Waals surface area contributed by atoms with Crippen LogP contribution in [0.4, 0.5) is 0 Å². The van der Waals surface area contributed by atoms with Gasteiger partial charge in [0.15, 0.2) is 0 Å². The maximum atomic E-state index is 12.1. The number of hydrogen-bond donors (Lipinski definition) is 2. The lowest BCUT2D eigenvalue weighted by molar-refractivity contribution is -0.127. The van der Waals surface area contributed by atoms with Crippen molar-refractivity contribution < 1.29 is 9.53 Å². The molecular formula is C12H20N2O2. The highest BCUT2D eigenvalue weighted by atomic mass is 16.5. The monoisotopic (exact) mass is 224 g/mol. The van der Waals surface area contributed by atoms with E-state index in [1.165, 1.54) is 0 Å². The van der Waals surface area contributed by atoms with Crippen LogP contribution in [0.1, 0.15) is 19.8 Å². The van der Waals surface area contributed by atoms with Gasteiger partial charge in [-0.05, 0) is 24.7 Å². The van der Waals surface area contributed by atoms with Crippen LogP contribution in [-0.2, 0) is 9.53 Å². The third kappa shape index (κ3) is 1.64. The maximum Gasteiger partial charge on any atom is 0.226 e. The van der Waals surface area contributed by atoms with Crippen molar-refractivity contribution in [2.75, 3.05) is 19.7 Å². The molecule has 1 aliphatic carbocycles. The van der Waals surface area contributed by atoms with Gasteiger partial charge in [0, 0.05) is 25.7 Å². The van der Waals surface area contributed by atoms with Crippen molar-refractivity contribution in [1.82, 2.24) is 10.6 Å². The highest BCUT2D eigenvalue weighted by Crippen LogP contribution is 2.42. The maximum absolute atomic E-state index is 12.1. The van der Waals surface area contributed by atoms with Crippen molar-refractivity contribution in [3.8, 4) is 0 Å². The zero-order valence-corrected chi connectivity index (χ0v) is 9.74. The molecule has 2 saturated heterocycles. The number of fused-ring (bicyclic) bond motifs is 1. The van der Waals surface area contributed by atoms with Gasteiger partial charge in [0.2, 0.25) is 5.91 Å². The van der Waals surface area contributed by atoms with Gasteiger partial charge < -0.3 is 15.4 Å². The molecule has 1 amide bonds. The van der Waals surface area contributed by atoms with Gasteiger partial charge in [-0.2, -0.15) is 0 Å². The van der Waals surface area contributed by atoms with Crippen molar-refractivity contribution >= 4 is 5.91 Å². The Labute approximate surface area is 96.1 Å². The average molecular weight is 224 g/mol. The number of rotatable bonds is 3. The molecule has 1 saturated carbocycles. The smallest absolute Gasteiger partial charge is 0.226 e. The topological polar surface area (TPSA) is 50.4 Å². The summed E-state index contributed by atoms with van der Waals surface area (Å²) < 4.78 is 5.56. The standard InChI is InChI=1S/C12H20N2O2/c1-2-10-7(3-4-16-10)12(15)14-11-8-5-13-6-9(8)11/h7-11,13H,2-6H2,1H3,(H,14,15). The fraction of sp³-hybridized carbons (Fsp3) is 0.917.